The third-order valence-electron chi connectivity index (χ3n) is 9.44. The number of benzene rings is 6. The second-order valence-corrected chi connectivity index (χ2v) is 13.1. The number of esters is 2. The summed E-state index contributed by atoms with van der Waals surface area (Å²) in [6.45, 7) is 4.24. The Morgan fingerprint density at radius 3 is 1.65 bits per heavy atom. The van der Waals surface area contributed by atoms with E-state index in [1.54, 1.807) is 30.3 Å². The van der Waals surface area contributed by atoms with E-state index in [2.05, 4.69) is 70.2 Å². The molecule has 0 unspecified atom stereocenters. The summed E-state index contributed by atoms with van der Waals surface area (Å²) in [5, 5.41) is 17.0. The van der Waals surface area contributed by atoms with Gasteiger partial charge in [0.05, 0.1) is 5.56 Å². The highest BCUT2D eigenvalue weighted by Gasteiger charge is 2.42. The summed E-state index contributed by atoms with van der Waals surface area (Å²) in [4.78, 5) is 25.6. The summed E-state index contributed by atoms with van der Waals surface area (Å²) in [7, 11) is 0. The monoisotopic (exact) mass is 733 g/mol. The van der Waals surface area contributed by atoms with E-state index < -0.39 is 23.5 Å². The van der Waals surface area contributed by atoms with Gasteiger partial charge >= 0.3 is 11.9 Å². The Bertz CT molecular complexity index is 2180. The molecule has 1 heterocycles. The molecule has 1 atom stereocenters. The van der Waals surface area contributed by atoms with Gasteiger partial charge in [0.25, 0.3) is 0 Å². The van der Waals surface area contributed by atoms with Crippen LogP contribution >= 0.6 is 12.4 Å². The molecule has 6 aromatic carbocycles. The molecule has 0 bridgehead atoms. The van der Waals surface area contributed by atoms with E-state index in [-0.39, 0.29) is 18.3 Å². The van der Waals surface area contributed by atoms with Crippen LogP contribution in [-0.2, 0) is 21.6 Å². The van der Waals surface area contributed by atoms with Crippen molar-refractivity contribution >= 4 is 24.3 Å². The van der Waals surface area contributed by atoms with Crippen molar-refractivity contribution in [1.82, 2.24) is 25.5 Å². The van der Waals surface area contributed by atoms with E-state index in [0.717, 1.165) is 38.9 Å². The Labute approximate surface area is 321 Å². The third-order valence-corrected chi connectivity index (χ3v) is 9.44. The van der Waals surface area contributed by atoms with Gasteiger partial charge in [-0.05, 0) is 61.9 Å². The van der Waals surface area contributed by atoms with Crippen molar-refractivity contribution in [3.8, 4) is 22.5 Å². The molecule has 0 radical (unpaired) electrons. The fourth-order valence-electron chi connectivity index (χ4n) is 6.82. The second kappa shape index (κ2) is 17.1. The Morgan fingerprint density at radius 1 is 0.648 bits per heavy atom. The Morgan fingerprint density at radius 2 is 1.13 bits per heavy atom. The highest BCUT2D eigenvalue weighted by atomic mass is 35.5. The van der Waals surface area contributed by atoms with Crippen LogP contribution in [0.15, 0.2) is 170 Å². The molecular formula is C45H40ClN5O3. The van der Waals surface area contributed by atoms with Crippen LogP contribution in [0.4, 0.5) is 0 Å². The first kappa shape index (κ1) is 37.5. The van der Waals surface area contributed by atoms with Crippen LogP contribution in [0.3, 0.4) is 0 Å². The number of tetrazole rings is 1. The average molecular weight is 734 g/mol. The molecule has 1 aromatic heterocycles. The largest absolute Gasteiger partial charge is 0.388 e. The minimum atomic E-state index is -0.884. The first-order valence-electron chi connectivity index (χ1n) is 17.7. The zero-order valence-electron chi connectivity index (χ0n) is 29.9. The molecule has 8 nitrogen and oxygen atoms in total. The molecule has 270 valence electrons. The van der Waals surface area contributed by atoms with Gasteiger partial charge in [-0.3, -0.25) is 0 Å². The smallest absolute Gasteiger partial charge is 0.345 e. The van der Waals surface area contributed by atoms with Gasteiger partial charge in [-0.15, -0.1) is 17.5 Å². The van der Waals surface area contributed by atoms with Gasteiger partial charge in [0.1, 0.15) is 11.6 Å². The minimum Gasteiger partial charge on any atom is -0.388 e. The van der Waals surface area contributed by atoms with E-state index in [9.17, 15) is 9.59 Å². The normalized spacial score (nSPS) is 11.8. The number of hydrogen-bond acceptors (Lipinski definition) is 7. The number of hydrogen-bond donors (Lipinski definition) is 1. The van der Waals surface area contributed by atoms with E-state index in [0.29, 0.717) is 17.9 Å². The van der Waals surface area contributed by atoms with E-state index in [1.165, 1.54) is 0 Å². The van der Waals surface area contributed by atoms with Crippen molar-refractivity contribution < 1.29 is 14.3 Å². The molecule has 1 N–H and O–H groups in total. The highest BCUT2D eigenvalue weighted by molar-refractivity contribution is 5.98. The van der Waals surface area contributed by atoms with E-state index in [1.807, 2.05) is 103 Å². The molecule has 0 fully saturated rings. The lowest BCUT2D eigenvalue weighted by molar-refractivity contribution is -0.141. The maximum absolute atomic E-state index is 13.0. The van der Waals surface area contributed by atoms with Crippen molar-refractivity contribution in [3.63, 3.8) is 0 Å². The van der Waals surface area contributed by atoms with Crippen LogP contribution in [-0.4, -0.2) is 38.2 Å². The molecule has 0 amide bonds. The zero-order chi connectivity index (χ0) is 36.6. The second-order valence-electron chi connectivity index (χ2n) is 13.1. The number of nitrogens with one attached hydrogen (secondary N) is 1. The fourth-order valence-corrected chi connectivity index (χ4v) is 6.82. The number of carbonyl (C=O) groups excluding carboxylic acids is 2. The Balaban J connectivity index is 0.00000497. The maximum Gasteiger partial charge on any atom is 0.345 e. The van der Waals surface area contributed by atoms with Crippen molar-refractivity contribution in [2.24, 2.45) is 5.92 Å². The minimum absolute atomic E-state index is 0. The lowest BCUT2D eigenvalue weighted by Crippen LogP contribution is -2.42. The van der Waals surface area contributed by atoms with Crippen molar-refractivity contribution in [2.75, 3.05) is 0 Å². The lowest BCUT2D eigenvalue weighted by Gasteiger charge is -2.36. The predicted molar refractivity (Wildman–Crippen MR) is 213 cm³/mol. The summed E-state index contributed by atoms with van der Waals surface area (Å²) in [6, 6.07) is 55.2. The van der Waals surface area contributed by atoms with Crippen LogP contribution in [0.25, 0.3) is 22.5 Å². The molecule has 0 aliphatic carbocycles. The molecular weight excluding hydrogens is 694 g/mol. The van der Waals surface area contributed by atoms with Crippen molar-refractivity contribution in [2.45, 2.75) is 32.0 Å². The fraction of sp³-hybridized carbons (Fsp3) is 0.133. The molecule has 0 aliphatic heterocycles. The number of carbonyl (C=O) groups is 2. The zero-order valence-corrected chi connectivity index (χ0v) is 30.8. The summed E-state index contributed by atoms with van der Waals surface area (Å²) in [5.41, 5.74) is 6.31. The Hall–Kier alpha value is -6.22. The number of halogens is 1. The van der Waals surface area contributed by atoms with Crippen LogP contribution in [0.2, 0.25) is 0 Å². The number of ether oxygens (including phenoxy) is 1. The molecule has 7 rings (SSSR count). The predicted octanol–water partition coefficient (Wildman–Crippen LogP) is 8.77. The van der Waals surface area contributed by atoms with Crippen LogP contribution < -0.4 is 5.32 Å². The molecule has 54 heavy (non-hydrogen) atoms. The number of nitrogens with zero attached hydrogens (tertiary/aromatic N) is 4. The topological polar surface area (TPSA) is 99.0 Å². The quantitative estimate of drug-likeness (QED) is 0.0762. The molecule has 7 aromatic rings. The molecule has 0 spiro atoms. The van der Waals surface area contributed by atoms with E-state index >= 15 is 0 Å². The average Bonchev–Trinajstić information content (AvgIpc) is 3.70. The van der Waals surface area contributed by atoms with Crippen LogP contribution in [0.1, 0.15) is 46.5 Å². The highest BCUT2D eigenvalue weighted by Crippen LogP contribution is 2.43. The van der Waals surface area contributed by atoms with Gasteiger partial charge in [0.2, 0.25) is 0 Å². The first-order valence-corrected chi connectivity index (χ1v) is 17.7. The van der Waals surface area contributed by atoms with Gasteiger partial charge in [0, 0.05) is 12.1 Å². The molecule has 0 saturated heterocycles. The van der Waals surface area contributed by atoms with Crippen molar-refractivity contribution in [3.05, 3.63) is 198 Å². The van der Waals surface area contributed by atoms with Gasteiger partial charge in [-0.25, -0.2) is 14.3 Å². The Kier molecular flexibility index (Phi) is 11.9. The number of rotatable bonds is 12. The summed E-state index contributed by atoms with van der Waals surface area (Å²) >= 11 is 0. The van der Waals surface area contributed by atoms with Crippen LogP contribution in [0, 0.1) is 5.92 Å². The lowest BCUT2D eigenvalue weighted by atomic mass is 9.77. The molecule has 0 saturated carbocycles. The van der Waals surface area contributed by atoms with Crippen LogP contribution in [0.5, 0.6) is 0 Å². The molecule has 0 aliphatic rings. The van der Waals surface area contributed by atoms with Gasteiger partial charge in [-0.1, -0.05) is 172 Å². The van der Waals surface area contributed by atoms with E-state index in [4.69, 9.17) is 9.95 Å². The van der Waals surface area contributed by atoms with Crippen molar-refractivity contribution in [1.29, 1.82) is 0 Å². The number of aromatic nitrogens is 4. The SMILES string of the molecule is CC(C)[C@H](NCc1ccc(-c2ccccc2-c2nnnn2C(c2ccccc2)(c2ccccc2)c2ccccc2)cc1)C(=O)OC(=O)c1ccccc1.Cl. The van der Waals surface area contributed by atoms with Gasteiger partial charge < -0.3 is 10.1 Å². The molecule has 9 heteroatoms. The van der Waals surface area contributed by atoms with Gasteiger partial charge in [-0.2, -0.15) is 0 Å². The standard InChI is InChI=1S/C45H39N5O3.ClH/c1-32(2)41(44(52)53-43(51)35-17-7-3-8-18-35)46-31-33-27-29-34(30-28-33)39-25-15-16-26-40(39)42-47-48-49-50(42)45(36-19-9-4-10-20-36,37-21-11-5-12-22-37)38-23-13-6-14-24-38;/h3-30,32,41,46H,31H2,1-2H3;1H/t41-;/m0./s1. The summed E-state index contributed by atoms with van der Waals surface area (Å²) < 4.78 is 7.18. The van der Waals surface area contributed by atoms with Gasteiger partial charge in [0.15, 0.2) is 5.82 Å². The maximum atomic E-state index is 13.0. The summed E-state index contributed by atoms with van der Waals surface area (Å²) in [5.74, 6) is -0.746. The first-order chi connectivity index (χ1) is 26.0. The third kappa shape index (κ3) is 7.62. The summed E-state index contributed by atoms with van der Waals surface area (Å²) in [6.07, 6.45) is 0.